The van der Waals surface area contributed by atoms with Crippen molar-refractivity contribution in [3.63, 3.8) is 0 Å². The van der Waals surface area contributed by atoms with Gasteiger partial charge >= 0.3 is 0 Å². The fourth-order valence-electron chi connectivity index (χ4n) is 2.99. The van der Waals surface area contributed by atoms with E-state index < -0.39 is 0 Å². The van der Waals surface area contributed by atoms with E-state index in [0.29, 0.717) is 18.0 Å². The first-order chi connectivity index (χ1) is 14.2. The third-order valence-corrected chi connectivity index (χ3v) is 4.46. The SMILES string of the molecule is COc1ccc(/C=C/C(=O)NCCCn2ccnc2-c2ccccc2)cc1OC. The van der Waals surface area contributed by atoms with Crippen molar-refractivity contribution in [1.82, 2.24) is 14.9 Å². The predicted molar refractivity (Wildman–Crippen MR) is 114 cm³/mol. The number of carbonyl (C=O) groups is 1. The Kier molecular flexibility index (Phi) is 7.05. The van der Waals surface area contributed by atoms with Crippen LogP contribution in [0.2, 0.25) is 0 Å². The van der Waals surface area contributed by atoms with E-state index in [1.165, 1.54) is 6.08 Å². The molecule has 1 amide bonds. The van der Waals surface area contributed by atoms with Crippen LogP contribution < -0.4 is 14.8 Å². The number of carbonyl (C=O) groups excluding carboxylic acids is 1. The third kappa shape index (κ3) is 5.48. The van der Waals surface area contributed by atoms with Crippen molar-refractivity contribution < 1.29 is 14.3 Å². The highest BCUT2D eigenvalue weighted by Crippen LogP contribution is 2.27. The summed E-state index contributed by atoms with van der Waals surface area (Å²) in [7, 11) is 3.18. The van der Waals surface area contributed by atoms with E-state index in [4.69, 9.17) is 9.47 Å². The normalized spacial score (nSPS) is 10.8. The van der Waals surface area contributed by atoms with Crippen LogP contribution in [0.4, 0.5) is 0 Å². The highest BCUT2D eigenvalue weighted by molar-refractivity contribution is 5.91. The topological polar surface area (TPSA) is 65.4 Å². The zero-order chi connectivity index (χ0) is 20.5. The van der Waals surface area contributed by atoms with Crippen LogP contribution in [0.1, 0.15) is 12.0 Å². The zero-order valence-corrected chi connectivity index (χ0v) is 16.7. The second-order valence-electron chi connectivity index (χ2n) is 6.40. The van der Waals surface area contributed by atoms with Crippen LogP contribution in [0.3, 0.4) is 0 Å². The van der Waals surface area contributed by atoms with Crippen LogP contribution in [-0.2, 0) is 11.3 Å². The fraction of sp³-hybridized carbons (Fsp3) is 0.217. The lowest BCUT2D eigenvalue weighted by Gasteiger charge is -2.08. The van der Waals surface area contributed by atoms with Gasteiger partial charge in [-0.15, -0.1) is 0 Å². The Balaban J connectivity index is 1.48. The summed E-state index contributed by atoms with van der Waals surface area (Å²) in [6, 6.07) is 15.6. The number of rotatable bonds is 9. The van der Waals surface area contributed by atoms with Gasteiger partial charge in [0.05, 0.1) is 14.2 Å². The Morgan fingerprint density at radius 2 is 1.90 bits per heavy atom. The second kappa shape index (κ2) is 10.1. The van der Waals surface area contributed by atoms with Crippen molar-refractivity contribution in [2.24, 2.45) is 0 Å². The van der Waals surface area contributed by atoms with Crippen molar-refractivity contribution in [1.29, 1.82) is 0 Å². The Morgan fingerprint density at radius 1 is 1.10 bits per heavy atom. The van der Waals surface area contributed by atoms with Gasteiger partial charge in [-0.3, -0.25) is 4.79 Å². The lowest BCUT2D eigenvalue weighted by Crippen LogP contribution is -2.23. The average Bonchev–Trinajstić information content (AvgIpc) is 3.24. The molecule has 0 aliphatic heterocycles. The van der Waals surface area contributed by atoms with Gasteiger partial charge in [0.25, 0.3) is 0 Å². The van der Waals surface area contributed by atoms with Crippen LogP contribution in [0.25, 0.3) is 17.5 Å². The van der Waals surface area contributed by atoms with E-state index in [2.05, 4.69) is 14.9 Å². The maximum Gasteiger partial charge on any atom is 0.244 e. The van der Waals surface area contributed by atoms with Gasteiger partial charge < -0.3 is 19.4 Å². The molecule has 0 saturated heterocycles. The number of methoxy groups -OCH3 is 2. The number of ether oxygens (including phenoxy) is 2. The molecule has 6 heteroatoms. The number of hydrogen-bond donors (Lipinski definition) is 1. The first-order valence-electron chi connectivity index (χ1n) is 9.45. The average molecular weight is 391 g/mol. The molecule has 0 fully saturated rings. The number of aryl methyl sites for hydroxylation is 1. The fourth-order valence-corrected chi connectivity index (χ4v) is 2.99. The van der Waals surface area contributed by atoms with Crippen molar-refractivity contribution in [2.75, 3.05) is 20.8 Å². The van der Waals surface area contributed by atoms with Crippen LogP contribution in [0, 0.1) is 0 Å². The maximum atomic E-state index is 12.1. The van der Waals surface area contributed by atoms with E-state index in [0.717, 1.165) is 29.9 Å². The number of benzene rings is 2. The van der Waals surface area contributed by atoms with Crippen molar-refractivity contribution in [2.45, 2.75) is 13.0 Å². The number of nitrogens with zero attached hydrogens (tertiary/aromatic N) is 2. The molecular weight excluding hydrogens is 366 g/mol. The summed E-state index contributed by atoms with van der Waals surface area (Å²) in [5.41, 5.74) is 1.95. The Labute approximate surface area is 170 Å². The highest BCUT2D eigenvalue weighted by Gasteiger charge is 2.05. The van der Waals surface area contributed by atoms with Crippen molar-refractivity contribution >= 4 is 12.0 Å². The standard InChI is InChI=1S/C23H25N3O3/c1-28-20-11-9-18(17-21(20)29-2)10-12-22(27)24-13-6-15-26-16-14-25-23(26)19-7-4-3-5-8-19/h3-5,7-12,14,16-17H,6,13,15H2,1-2H3,(H,24,27)/b12-10+. The molecule has 3 aromatic rings. The van der Waals surface area contributed by atoms with Gasteiger partial charge in [-0.1, -0.05) is 36.4 Å². The smallest absolute Gasteiger partial charge is 0.244 e. The van der Waals surface area contributed by atoms with Gasteiger partial charge in [0, 0.05) is 37.1 Å². The molecule has 29 heavy (non-hydrogen) atoms. The zero-order valence-electron chi connectivity index (χ0n) is 16.7. The molecular formula is C23H25N3O3. The van der Waals surface area contributed by atoms with Gasteiger partial charge in [0.2, 0.25) is 5.91 Å². The molecule has 0 aliphatic carbocycles. The minimum absolute atomic E-state index is 0.131. The minimum atomic E-state index is -0.131. The quantitative estimate of drug-likeness (QED) is 0.445. The molecule has 150 valence electrons. The molecule has 0 unspecified atom stereocenters. The first-order valence-corrected chi connectivity index (χ1v) is 9.45. The van der Waals surface area contributed by atoms with Crippen LogP contribution >= 0.6 is 0 Å². The largest absolute Gasteiger partial charge is 0.493 e. The third-order valence-electron chi connectivity index (χ3n) is 4.46. The minimum Gasteiger partial charge on any atom is -0.493 e. The summed E-state index contributed by atoms with van der Waals surface area (Å²) in [4.78, 5) is 16.5. The number of amides is 1. The summed E-state index contributed by atoms with van der Waals surface area (Å²) in [6.07, 6.45) is 7.84. The molecule has 2 aromatic carbocycles. The highest BCUT2D eigenvalue weighted by atomic mass is 16.5. The Hall–Kier alpha value is -3.54. The van der Waals surface area contributed by atoms with E-state index in [-0.39, 0.29) is 5.91 Å². The molecule has 0 saturated carbocycles. The van der Waals surface area contributed by atoms with Gasteiger partial charge in [-0.05, 0) is 30.2 Å². The molecule has 1 aromatic heterocycles. The molecule has 0 atom stereocenters. The van der Waals surface area contributed by atoms with Crippen LogP contribution in [0.15, 0.2) is 67.0 Å². The molecule has 0 spiro atoms. The lowest BCUT2D eigenvalue weighted by molar-refractivity contribution is -0.116. The summed E-state index contributed by atoms with van der Waals surface area (Å²) >= 11 is 0. The van der Waals surface area contributed by atoms with E-state index in [9.17, 15) is 4.79 Å². The van der Waals surface area contributed by atoms with E-state index >= 15 is 0 Å². The monoisotopic (exact) mass is 391 g/mol. The van der Waals surface area contributed by atoms with E-state index in [1.807, 2.05) is 54.7 Å². The summed E-state index contributed by atoms with van der Waals surface area (Å²) in [6.45, 7) is 1.37. The summed E-state index contributed by atoms with van der Waals surface area (Å²) in [5, 5.41) is 2.91. The molecule has 6 nitrogen and oxygen atoms in total. The first kappa shape index (κ1) is 20.2. The molecule has 0 bridgehead atoms. The van der Waals surface area contributed by atoms with Gasteiger partial charge in [0.15, 0.2) is 11.5 Å². The van der Waals surface area contributed by atoms with Crippen LogP contribution in [-0.4, -0.2) is 36.2 Å². The number of imidazole rings is 1. The second-order valence-corrected chi connectivity index (χ2v) is 6.40. The number of hydrogen-bond acceptors (Lipinski definition) is 4. The molecule has 3 rings (SSSR count). The predicted octanol–water partition coefficient (Wildman–Crippen LogP) is 3.79. The molecule has 0 aliphatic rings. The lowest BCUT2D eigenvalue weighted by atomic mass is 10.2. The van der Waals surface area contributed by atoms with Crippen molar-refractivity contribution in [3.8, 4) is 22.9 Å². The van der Waals surface area contributed by atoms with E-state index in [1.54, 1.807) is 26.5 Å². The van der Waals surface area contributed by atoms with Gasteiger partial charge in [-0.2, -0.15) is 0 Å². The van der Waals surface area contributed by atoms with Gasteiger partial charge in [0.1, 0.15) is 5.82 Å². The number of aromatic nitrogens is 2. The molecule has 1 heterocycles. The maximum absolute atomic E-state index is 12.1. The molecule has 0 radical (unpaired) electrons. The molecule has 1 N–H and O–H groups in total. The Morgan fingerprint density at radius 3 is 2.66 bits per heavy atom. The van der Waals surface area contributed by atoms with Gasteiger partial charge in [-0.25, -0.2) is 4.98 Å². The van der Waals surface area contributed by atoms with Crippen LogP contribution in [0.5, 0.6) is 11.5 Å². The summed E-state index contributed by atoms with van der Waals surface area (Å²) in [5.74, 6) is 2.09. The number of nitrogens with one attached hydrogen (secondary N) is 1. The summed E-state index contributed by atoms with van der Waals surface area (Å²) < 4.78 is 12.6. The Bertz CT molecular complexity index is 965. The van der Waals surface area contributed by atoms with Crippen molar-refractivity contribution in [3.05, 3.63) is 72.6 Å².